The summed E-state index contributed by atoms with van der Waals surface area (Å²) in [5.74, 6) is 0.361. The van der Waals surface area contributed by atoms with Gasteiger partial charge in [-0.15, -0.1) is 0 Å². The van der Waals surface area contributed by atoms with E-state index in [4.69, 9.17) is 4.74 Å². The molecule has 6 nitrogen and oxygen atoms in total. The average molecular weight is 317 g/mol. The molecule has 1 saturated heterocycles. The Labute approximate surface area is 136 Å². The van der Waals surface area contributed by atoms with Crippen LogP contribution in [0.3, 0.4) is 0 Å². The maximum atomic E-state index is 12.4. The monoisotopic (exact) mass is 317 g/mol. The van der Waals surface area contributed by atoms with E-state index >= 15 is 0 Å². The number of nitrogens with one attached hydrogen (secondary N) is 1. The number of hydrogen-bond acceptors (Lipinski definition) is 4. The van der Waals surface area contributed by atoms with Crippen LogP contribution in [0.2, 0.25) is 0 Å². The molecule has 2 aliphatic heterocycles. The first-order valence-electron chi connectivity index (χ1n) is 8.24. The van der Waals surface area contributed by atoms with Crippen LogP contribution >= 0.6 is 0 Å². The number of para-hydroxylation sites is 2. The Kier molecular flexibility index (Phi) is 4.81. The number of carbonyl (C=O) groups is 2. The van der Waals surface area contributed by atoms with Gasteiger partial charge in [-0.05, 0) is 25.1 Å². The van der Waals surface area contributed by atoms with E-state index in [1.807, 2.05) is 17.0 Å². The Bertz CT molecular complexity index is 582. The molecule has 1 N–H and O–H groups in total. The molecule has 1 aromatic rings. The second kappa shape index (κ2) is 7.00. The zero-order valence-electron chi connectivity index (χ0n) is 13.5. The third-order valence-electron chi connectivity index (χ3n) is 4.33. The minimum atomic E-state index is -0.744. The molecular formula is C17H23N3O3. The Morgan fingerprint density at radius 2 is 2.00 bits per heavy atom. The zero-order chi connectivity index (χ0) is 16.2. The van der Waals surface area contributed by atoms with E-state index < -0.39 is 6.10 Å². The molecule has 0 aromatic heterocycles. The second-order valence-electron chi connectivity index (χ2n) is 6.02. The first kappa shape index (κ1) is 15.8. The van der Waals surface area contributed by atoms with Crippen molar-refractivity contribution in [2.45, 2.75) is 25.9 Å². The lowest BCUT2D eigenvalue weighted by molar-refractivity contribution is -0.138. The number of ether oxygens (including phenoxy) is 1. The van der Waals surface area contributed by atoms with Gasteiger partial charge in [0.2, 0.25) is 5.91 Å². The highest BCUT2D eigenvalue weighted by molar-refractivity contribution is 5.99. The van der Waals surface area contributed by atoms with Crippen molar-refractivity contribution < 1.29 is 14.3 Å². The van der Waals surface area contributed by atoms with Gasteiger partial charge in [-0.1, -0.05) is 19.1 Å². The molecule has 0 saturated carbocycles. The molecule has 2 amide bonds. The van der Waals surface area contributed by atoms with Crippen LogP contribution in [0.1, 0.15) is 19.8 Å². The van der Waals surface area contributed by atoms with Gasteiger partial charge in [0, 0.05) is 26.2 Å². The average Bonchev–Trinajstić information content (AvgIpc) is 2.56. The lowest BCUT2D eigenvalue weighted by atomic mass is 10.1. The molecule has 1 fully saturated rings. The summed E-state index contributed by atoms with van der Waals surface area (Å²) in [4.78, 5) is 28.7. The number of piperazine rings is 1. The topological polar surface area (TPSA) is 61.9 Å². The van der Waals surface area contributed by atoms with Gasteiger partial charge < -0.3 is 15.0 Å². The van der Waals surface area contributed by atoms with Crippen molar-refractivity contribution >= 4 is 17.5 Å². The molecule has 1 atom stereocenters. The number of benzene rings is 1. The molecular weight excluding hydrogens is 294 g/mol. The smallest absolute Gasteiger partial charge is 0.266 e. The molecule has 1 aromatic carbocycles. The van der Waals surface area contributed by atoms with E-state index in [0.29, 0.717) is 11.4 Å². The molecule has 23 heavy (non-hydrogen) atoms. The molecule has 0 bridgehead atoms. The van der Waals surface area contributed by atoms with Crippen molar-refractivity contribution in [3.63, 3.8) is 0 Å². The highest BCUT2D eigenvalue weighted by Gasteiger charge is 2.31. The van der Waals surface area contributed by atoms with Crippen molar-refractivity contribution in [2.75, 3.05) is 38.0 Å². The van der Waals surface area contributed by atoms with Crippen molar-refractivity contribution in [3.8, 4) is 5.75 Å². The van der Waals surface area contributed by atoms with E-state index in [-0.39, 0.29) is 18.2 Å². The Balaban J connectivity index is 1.55. The highest BCUT2D eigenvalue weighted by Crippen LogP contribution is 2.29. The van der Waals surface area contributed by atoms with Crippen LogP contribution in [0.15, 0.2) is 24.3 Å². The molecule has 2 aliphatic rings. The van der Waals surface area contributed by atoms with Crippen molar-refractivity contribution in [3.05, 3.63) is 24.3 Å². The summed E-state index contributed by atoms with van der Waals surface area (Å²) >= 11 is 0. The third-order valence-corrected chi connectivity index (χ3v) is 4.33. The van der Waals surface area contributed by atoms with Gasteiger partial charge in [0.15, 0.2) is 6.10 Å². The van der Waals surface area contributed by atoms with Crippen LogP contribution in [0.4, 0.5) is 5.69 Å². The summed E-state index contributed by atoms with van der Waals surface area (Å²) < 4.78 is 5.70. The van der Waals surface area contributed by atoms with Crippen molar-refractivity contribution in [1.82, 2.24) is 9.80 Å². The van der Waals surface area contributed by atoms with Crippen LogP contribution in [-0.2, 0) is 9.59 Å². The first-order valence-corrected chi connectivity index (χ1v) is 8.24. The van der Waals surface area contributed by atoms with E-state index in [1.54, 1.807) is 12.1 Å². The Morgan fingerprint density at radius 1 is 1.26 bits per heavy atom. The zero-order valence-corrected chi connectivity index (χ0v) is 13.5. The number of nitrogens with zero attached hydrogens (tertiary/aromatic N) is 2. The van der Waals surface area contributed by atoms with Crippen molar-refractivity contribution in [1.29, 1.82) is 0 Å². The Hall–Kier alpha value is -2.08. The molecule has 1 unspecified atom stereocenters. The van der Waals surface area contributed by atoms with E-state index in [2.05, 4.69) is 17.1 Å². The molecule has 3 rings (SSSR count). The van der Waals surface area contributed by atoms with Gasteiger partial charge in [0.25, 0.3) is 5.91 Å². The maximum absolute atomic E-state index is 12.4. The fourth-order valence-electron chi connectivity index (χ4n) is 3.05. The molecule has 2 heterocycles. The second-order valence-corrected chi connectivity index (χ2v) is 6.02. The van der Waals surface area contributed by atoms with Gasteiger partial charge in [-0.2, -0.15) is 0 Å². The van der Waals surface area contributed by atoms with Crippen molar-refractivity contribution in [2.24, 2.45) is 0 Å². The molecule has 0 radical (unpaired) electrons. The third kappa shape index (κ3) is 3.64. The predicted molar refractivity (Wildman–Crippen MR) is 87.4 cm³/mol. The SMILES string of the molecule is CCCN1CCN(C(=O)CC2Oc3ccccc3NC2=O)CC1. The van der Waals surface area contributed by atoms with Gasteiger partial charge in [-0.25, -0.2) is 0 Å². The number of carbonyl (C=O) groups excluding carboxylic acids is 2. The molecule has 0 aliphatic carbocycles. The number of anilines is 1. The summed E-state index contributed by atoms with van der Waals surface area (Å²) in [5.41, 5.74) is 0.661. The Morgan fingerprint density at radius 3 is 2.74 bits per heavy atom. The standard InChI is InChI=1S/C17H23N3O3/c1-2-7-19-8-10-20(11-9-19)16(21)12-15-17(22)18-13-5-3-4-6-14(13)23-15/h3-6,15H,2,7-12H2,1H3,(H,18,22). The number of fused-ring (bicyclic) bond motifs is 1. The number of amides is 2. The van der Waals surface area contributed by atoms with Gasteiger partial charge >= 0.3 is 0 Å². The fraction of sp³-hybridized carbons (Fsp3) is 0.529. The quantitative estimate of drug-likeness (QED) is 0.910. The highest BCUT2D eigenvalue weighted by atomic mass is 16.5. The lowest BCUT2D eigenvalue weighted by Crippen LogP contribution is -2.50. The van der Waals surface area contributed by atoms with Crippen LogP contribution in [0.5, 0.6) is 5.75 Å². The maximum Gasteiger partial charge on any atom is 0.266 e. The molecule has 124 valence electrons. The minimum Gasteiger partial charge on any atom is -0.478 e. The van der Waals surface area contributed by atoms with Crippen LogP contribution in [0, 0.1) is 0 Å². The normalized spacial score (nSPS) is 21.3. The summed E-state index contributed by atoms with van der Waals surface area (Å²) in [6.45, 7) is 6.50. The minimum absolute atomic E-state index is 0.0133. The summed E-state index contributed by atoms with van der Waals surface area (Å²) in [6.07, 6.45) is 0.475. The predicted octanol–water partition coefficient (Wildman–Crippen LogP) is 1.33. The van der Waals surface area contributed by atoms with E-state index in [0.717, 1.165) is 39.1 Å². The molecule has 6 heteroatoms. The summed E-state index contributed by atoms with van der Waals surface area (Å²) in [5, 5.41) is 2.80. The van der Waals surface area contributed by atoms with Gasteiger partial charge in [-0.3, -0.25) is 14.5 Å². The summed E-state index contributed by atoms with van der Waals surface area (Å²) in [6, 6.07) is 7.28. The largest absolute Gasteiger partial charge is 0.478 e. The van der Waals surface area contributed by atoms with Crippen LogP contribution in [-0.4, -0.2) is 60.4 Å². The van der Waals surface area contributed by atoms with Crippen LogP contribution in [0.25, 0.3) is 0 Å². The summed E-state index contributed by atoms with van der Waals surface area (Å²) in [7, 11) is 0. The lowest BCUT2D eigenvalue weighted by Gasteiger charge is -2.35. The molecule has 0 spiro atoms. The first-order chi connectivity index (χ1) is 11.2. The number of hydrogen-bond donors (Lipinski definition) is 1. The van der Waals surface area contributed by atoms with Crippen LogP contribution < -0.4 is 10.1 Å². The number of rotatable bonds is 4. The van der Waals surface area contributed by atoms with Gasteiger partial charge in [0.1, 0.15) is 5.75 Å². The van der Waals surface area contributed by atoms with E-state index in [1.165, 1.54) is 0 Å². The fourth-order valence-corrected chi connectivity index (χ4v) is 3.05. The van der Waals surface area contributed by atoms with Gasteiger partial charge in [0.05, 0.1) is 12.1 Å². The van der Waals surface area contributed by atoms with E-state index in [9.17, 15) is 9.59 Å².